The molecule has 16 heteroatoms. The van der Waals surface area contributed by atoms with Crippen LogP contribution in [0.3, 0.4) is 0 Å². The van der Waals surface area contributed by atoms with E-state index in [-0.39, 0.29) is 5.65 Å². The number of imidazole rings is 1. The minimum atomic E-state index is -3.82. The fourth-order valence-corrected chi connectivity index (χ4v) is 7.42. The fraction of sp³-hybridized carbons (Fsp3) is 0.448. The lowest BCUT2D eigenvalue weighted by molar-refractivity contribution is -0.202. The number of aliphatic hydroxyl groups is 1. The standard InChI is InChI=1S/C29H35F2N6O6PS/c1-16(2)41-25(38)17(3)36-44(45,43-21-13-9-11-19-10-7-8-12-20(19)21)40-14-29(31)26(39)28(5,30)27(42-29)37-15-33-22-23(32-6)34-18(4)35-24(22)37/h7-13,15-17,26-27,39H,14H2,1-6H3,(H,36,45)(H,32,34,35)/t17-,26-,27+,28+,29+,44-/m0/s1. The molecule has 1 aliphatic rings. The number of anilines is 1. The number of nitrogens with zero attached hydrogens (tertiary/aromatic N) is 4. The van der Waals surface area contributed by atoms with Crippen molar-refractivity contribution in [1.29, 1.82) is 0 Å². The van der Waals surface area contributed by atoms with Crippen LogP contribution in [0.2, 0.25) is 0 Å². The molecule has 2 aromatic heterocycles. The SMILES string of the molecule is CNc1nc(C)nc2c1ncn2[C@@H]1O[C@](F)(CO[P@@](=S)(N[C@@H](C)C(=O)OC(C)C)Oc2cccc3ccccc23)[C@@H](O)[C@@]1(C)F. The second-order valence-electron chi connectivity index (χ2n) is 11.2. The number of alkyl halides is 2. The zero-order valence-electron chi connectivity index (χ0n) is 25.5. The molecule has 0 spiro atoms. The van der Waals surface area contributed by atoms with Crippen molar-refractivity contribution < 1.29 is 37.2 Å². The van der Waals surface area contributed by atoms with Crippen molar-refractivity contribution in [2.75, 3.05) is 19.0 Å². The topological polar surface area (TPSA) is 142 Å². The van der Waals surface area contributed by atoms with E-state index in [9.17, 15) is 9.90 Å². The lowest BCUT2D eigenvalue weighted by atomic mass is 9.97. The number of carbonyl (C=O) groups is 1. The third-order valence-electron chi connectivity index (χ3n) is 7.21. The van der Waals surface area contributed by atoms with Crippen LogP contribution in [0, 0.1) is 6.92 Å². The minimum Gasteiger partial charge on any atom is -0.462 e. The van der Waals surface area contributed by atoms with Crippen molar-refractivity contribution in [3.63, 3.8) is 0 Å². The maximum atomic E-state index is 16.5. The van der Waals surface area contributed by atoms with Gasteiger partial charge in [-0.05, 0) is 57.9 Å². The van der Waals surface area contributed by atoms with E-state index < -0.39 is 55.2 Å². The van der Waals surface area contributed by atoms with Gasteiger partial charge in [-0.25, -0.2) is 28.8 Å². The van der Waals surface area contributed by atoms with Crippen LogP contribution in [0.15, 0.2) is 48.8 Å². The molecule has 242 valence electrons. The molecule has 4 aromatic rings. The number of carbonyl (C=O) groups excluding carboxylic acids is 1. The molecule has 1 fully saturated rings. The van der Waals surface area contributed by atoms with Crippen LogP contribution < -0.4 is 14.9 Å². The van der Waals surface area contributed by atoms with Gasteiger partial charge in [-0.2, -0.15) is 0 Å². The Balaban J connectivity index is 1.45. The summed E-state index contributed by atoms with van der Waals surface area (Å²) in [4.78, 5) is 25.5. The largest absolute Gasteiger partial charge is 0.462 e. The van der Waals surface area contributed by atoms with Crippen molar-refractivity contribution in [2.24, 2.45) is 0 Å². The van der Waals surface area contributed by atoms with E-state index in [0.29, 0.717) is 28.3 Å². The first kappa shape index (κ1) is 33.0. The minimum absolute atomic E-state index is 0.168. The number of aliphatic hydroxyl groups excluding tert-OH is 1. The number of benzene rings is 2. The third kappa shape index (κ3) is 6.51. The predicted molar refractivity (Wildman–Crippen MR) is 168 cm³/mol. The van der Waals surface area contributed by atoms with Gasteiger partial charge in [0.2, 0.25) is 0 Å². The number of halogens is 2. The van der Waals surface area contributed by atoms with E-state index >= 15 is 8.78 Å². The number of esters is 1. The quantitative estimate of drug-likeness (QED) is 0.149. The van der Waals surface area contributed by atoms with Crippen LogP contribution in [0.25, 0.3) is 21.9 Å². The maximum Gasteiger partial charge on any atom is 0.323 e. The lowest BCUT2D eigenvalue weighted by Gasteiger charge is -2.30. The molecule has 0 bridgehead atoms. The summed E-state index contributed by atoms with van der Waals surface area (Å²) in [5, 5.41) is 18.2. The zero-order valence-corrected chi connectivity index (χ0v) is 27.2. The number of nitrogens with one attached hydrogen (secondary N) is 2. The number of hydrogen-bond acceptors (Lipinski definition) is 11. The van der Waals surface area contributed by atoms with Crippen LogP contribution >= 0.6 is 6.64 Å². The van der Waals surface area contributed by atoms with Crippen LogP contribution in [0.1, 0.15) is 39.7 Å². The molecule has 5 rings (SSSR count). The first-order chi connectivity index (χ1) is 21.2. The Bertz CT molecular complexity index is 1770. The zero-order chi connectivity index (χ0) is 32.7. The van der Waals surface area contributed by atoms with Gasteiger partial charge in [0.25, 0.3) is 5.85 Å². The summed E-state index contributed by atoms with van der Waals surface area (Å²) in [5.74, 6) is -2.70. The van der Waals surface area contributed by atoms with Crippen LogP contribution in [0.5, 0.6) is 5.75 Å². The molecule has 0 unspecified atom stereocenters. The number of aromatic nitrogens is 4. The molecule has 6 atom stereocenters. The Morgan fingerprint density at radius 2 is 1.91 bits per heavy atom. The first-order valence-electron chi connectivity index (χ1n) is 14.2. The van der Waals surface area contributed by atoms with Gasteiger partial charge in [-0.15, -0.1) is 0 Å². The first-order valence-corrected chi connectivity index (χ1v) is 16.8. The highest BCUT2D eigenvalue weighted by Crippen LogP contribution is 2.52. The molecule has 1 aliphatic heterocycles. The molecule has 3 N–H and O–H groups in total. The van der Waals surface area contributed by atoms with E-state index in [1.165, 1.54) is 17.8 Å². The average molecular weight is 665 g/mol. The number of fused-ring (bicyclic) bond motifs is 2. The molecule has 0 aliphatic carbocycles. The Morgan fingerprint density at radius 3 is 2.62 bits per heavy atom. The van der Waals surface area contributed by atoms with Crippen LogP contribution in [0.4, 0.5) is 14.6 Å². The van der Waals surface area contributed by atoms with Crippen LogP contribution in [-0.4, -0.2) is 74.0 Å². The average Bonchev–Trinajstić information content (AvgIpc) is 3.48. The number of ether oxygens (including phenoxy) is 2. The normalized spacial score (nSPS) is 25.4. The summed E-state index contributed by atoms with van der Waals surface area (Å²) in [7, 11) is 1.64. The molecule has 45 heavy (non-hydrogen) atoms. The summed E-state index contributed by atoms with van der Waals surface area (Å²) in [6.07, 6.45) is -3.20. The predicted octanol–water partition coefficient (Wildman–Crippen LogP) is 4.86. The Hall–Kier alpha value is -3.33. The number of rotatable bonds is 11. The maximum absolute atomic E-state index is 16.5. The van der Waals surface area contributed by atoms with Gasteiger partial charge < -0.3 is 28.9 Å². The van der Waals surface area contributed by atoms with Crippen molar-refractivity contribution in [2.45, 2.75) is 70.6 Å². The highest BCUT2D eigenvalue weighted by molar-refractivity contribution is 8.09. The number of hydrogen-bond donors (Lipinski definition) is 3. The second-order valence-corrected chi connectivity index (χ2v) is 14.3. The summed E-state index contributed by atoms with van der Waals surface area (Å²) in [6, 6.07) is 11.6. The van der Waals surface area contributed by atoms with Crippen molar-refractivity contribution in [3.05, 3.63) is 54.6 Å². The van der Waals surface area contributed by atoms with E-state index in [0.717, 1.165) is 12.3 Å². The highest BCUT2D eigenvalue weighted by Gasteiger charge is 2.65. The van der Waals surface area contributed by atoms with Gasteiger partial charge in [-0.1, -0.05) is 36.4 Å². The molecule has 0 amide bonds. The smallest absolute Gasteiger partial charge is 0.323 e. The van der Waals surface area contributed by atoms with Crippen molar-refractivity contribution in [1.82, 2.24) is 24.6 Å². The molecule has 2 aromatic carbocycles. The van der Waals surface area contributed by atoms with E-state index in [1.807, 2.05) is 24.3 Å². The molecule has 12 nitrogen and oxygen atoms in total. The monoisotopic (exact) mass is 664 g/mol. The van der Waals surface area contributed by atoms with Gasteiger partial charge in [-0.3, -0.25) is 9.36 Å². The fourth-order valence-electron chi connectivity index (χ4n) is 5.03. The molecular weight excluding hydrogens is 629 g/mol. The Labute approximate surface area is 263 Å². The molecule has 0 saturated carbocycles. The van der Waals surface area contributed by atoms with Gasteiger partial charge in [0.1, 0.15) is 24.2 Å². The van der Waals surface area contributed by atoms with Crippen LogP contribution in [-0.2, 0) is 30.6 Å². The Kier molecular flexibility index (Phi) is 9.15. The molecular formula is C29H35F2N6O6PS. The van der Waals surface area contributed by atoms with Crippen molar-refractivity contribution >= 4 is 52.2 Å². The molecule has 0 radical (unpaired) electrons. The summed E-state index contributed by atoms with van der Waals surface area (Å²) < 4.78 is 56.9. The Morgan fingerprint density at radius 1 is 1.20 bits per heavy atom. The van der Waals surface area contributed by atoms with Gasteiger partial charge in [0, 0.05) is 12.4 Å². The molecule has 1 saturated heterocycles. The lowest BCUT2D eigenvalue weighted by Crippen LogP contribution is -2.47. The highest BCUT2D eigenvalue weighted by atomic mass is 32.5. The summed E-state index contributed by atoms with van der Waals surface area (Å²) in [6.45, 7) is 2.66. The van der Waals surface area contributed by atoms with E-state index in [2.05, 4.69) is 25.4 Å². The van der Waals surface area contributed by atoms with E-state index in [4.69, 9.17) is 30.3 Å². The van der Waals surface area contributed by atoms with Gasteiger partial charge in [0.05, 0.1) is 12.4 Å². The number of aryl methyl sites for hydroxylation is 1. The third-order valence-corrected chi connectivity index (χ3v) is 9.68. The van der Waals surface area contributed by atoms with Gasteiger partial charge in [0.15, 0.2) is 35.0 Å². The van der Waals surface area contributed by atoms with Crippen molar-refractivity contribution in [3.8, 4) is 5.75 Å². The summed E-state index contributed by atoms with van der Waals surface area (Å²) >= 11 is 5.76. The molecule has 3 heterocycles. The summed E-state index contributed by atoms with van der Waals surface area (Å²) in [5.41, 5.74) is -2.21. The van der Waals surface area contributed by atoms with Gasteiger partial charge >= 0.3 is 12.6 Å². The second kappa shape index (κ2) is 12.5. The van der Waals surface area contributed by atoms with E-state index in [1.54, 1.807) is 46.0 Å².